The highest BCUT2D eigenvalue weighted by Gasteiger charge is 2.54. The standard InChI is InChI=1S/C11H17F3N2O2/c1-7(2)8(11(12,13)14)15-9(17)16-4-3-10(16)5-18-6-10/h7-8H,3-6H2,1-2H3,(H,15,17)/t8-/m0/s1. The number of ether oxygens (including phenoxy) is 1. The Bertz CT molecular complexity index is 334. The maximum Gasteiger partial charge on any atom is 0.408 e. The molecule has 2 amide bonds. The van der Waals surface area contributed by atoms with Crippen LogP contribution in [-0.2, 0) is 4.74 Å². The van der Waals surface area contributed by atoms with Gasteiger partial charge in [0.15, 0.2) is 0 Å². The molecule has 2 fully saturated rings. The molecule has 2 rings (SSSR count). The van der Waals surface area contributed by atoms with Crippen LogP contribution in [0, 0.1) is 5.92 Å². The second-order valence-electron chi connectivity index (χ2n) is 5.33. The Morgan fingerprint density at radius 2 is 2.00 bits per heavy atom. The lowest BCUT2D eigenvalue weighted by molar-refractivity contribution is -0.179. The minimum absolute atomic E-state index is 0.336. The maximum absolute atomic E-state index is 12.7. The van der Waals surface area contributed by atoms with Gasteiger partial charge in [-0.15, -0.1) is 0 Å². The Labute approximate surface area is 103 Å². The monoisotopic (exact) mass is 266 g/mol. The van der Waals surface area contributed by atoms with Crippen LogP contribution in [0.1, 0.15) is 20.3 Å². The molecule has 0 aromatic rings. The number of amides is 2. The molecule has 0 unspecified atom stereocenters. The fraction of sp³-hybridized carbons (Fsp3) is 0.909. The average Bonchev–Trinajstić information content (AvgIpc) is 2.07. The molecular weight excluding hydrogens is 249 g/mol. The topological polar surface area (TPSA) is 41.6 Å². The summed E-state index contributed by atoms with van der Waals surface area (Å²) in [6, 6.07) is -2.44. The number of carbonyl (C=O) groups is 1. The van der Waals surface area contributed by atoms with Gasteiger partial charge in [0.25, 0.3) is 0 Å². The molecule has 1 atom stereocenters. The van der Waals surface area contributed by atoms with Gasteiger partial charge in [-0.05, 0) is 12.3 Å². The van der Waals surface area contributed by atoms with Crippen LogP contribution in [0.25, 0.3) is 0 Å². The minimum atomic E-state index is -4.42. The summed E-state index contributed by atoms with van der Waals surface area (Å²) >= 11 is 0. The predicted molar refractivity (Wildman–Crippen MR) is 58.1 cm³/mol. The normalized spacial score (nSPS) is 23.6. The van der Waals surface area contributed by atoms with Crippen LogP contribution in [0.4, 0.5) is 18.0 Å². The van der Waals surface area contributed by atoms with E-state index in [4.69, 9.17) is 4.74 Å². The average molecular weight is 266 g/mol. The molecular formula is C11H17F3N2O2. The number of urea groups is 1. The van der Waals surface area contributed by atoms with Crippen molar-refractivity contribution in [3.05, 3.63) is 0 Å². The van der Waals surface area contributed by atoms with Crippen molar-refractivity contribution >= 4 is 6.03 Å². The summed E-state index contributed by atoms with van der Waals surface area (Å²) in [4.78, 5) is 13.3. The van der Waals surface area contributed by atoms with E-state index < -0.39 is 24.2 Å². The third-order valence-corrected chi connectivity index (χ3v) is 3.66. The van der Waals surface area contributed by atoms with Gasteiger partial charge < -0.3 is 15.0 Å². The van der Waals surface area contributed by atoms with Gasteiger partial charge in [0.05, 0.1) is 18.8 Å². The van der Waals surface area contributed by atoms with Crippen molar-refractivity contribution in [2.45, 2.75) is 38.0 Å². The lowest BCUT2D eigenvalue weighted by Gasteiger charge is -2.57. The number of nitrogens with zero attached hydrogens (tertiary/aromatic N) is 1. The van der Waals surface area contributed by atoms with E-state index in [1.807, 2.05) is 0 Å². The Kier molecular flexibility index (Phi) is 3.21. The fourth-order valence-electron chi connectivity index (χ4n) is 2.33. The van der Waals surface area contributed by atoms with Gasteiger partial charge in [-0.2, -0.15) is 13.2 Å². The highest BCUT2D eigenvalue weighted by molar-refractivity contribution is 5.77. The van der Waals surface area contributed by atoms with Crippen LogP contribution in [0.5, 0.6) is 0 Å². The smallest absolute Gasteiger partial charge is 0.376 e. The van der Waals surface area contributed by atoms with Gasteiger partial charge in [-0.3, -0.25) is 0 Å². The van der Waals surface area contributed by atoms with Crippen LogP contribution in [0.2, 0.25) is 0 Å². The predicted octanol–water partition coefficient (Wildman–Crippen LogP) is 1.76. The Morgan fingerprint density at radius 1 is 1.39 bits per heavy atom. The van der Waals surface area contributed by atoms with Gasteiger partial charge in [0.1, 0.15) is 6.04 Å². The van der Waals surface area contributed by atoms with Crippen molar-refractivity contribution in [1.82, 2.24) is 10.2 Å². The molecule has 2 aliphatic heterocycles. The number of hydrogen-bond donors (Lipinski definition) is 1. The third kappa shape index (κ3) is 2.15. The molecule has 1 N–H and O–H groups in total. The molecule has 0 aromatic heterocycles. The third-order valence-electron chi connectivity index (χ3n) is 3.66. The number of alkyl halides is 3. The highest BCUT2D eigenvalue weighted by Crippen LogP contribution is 2.37. The van der Waals surface area contributed by atoms with E-state index in [9.17, 15) is 18.0 Å². The summed E-state index contributed by atoms with van der Waals surface area (Å²) in [5.41, 5.74) is -0.336. The quantitative estimate of drug-likeness (QED) is 0.827. The molecule has 7 heteroatoms. The lowest BCUT2D eigenvalue weighted by atomic mass is 9.83. The molecule has 104 valence electrons. The van der Waals surface area contributed by atoms with E-state index in [0.717, 1.165) is 6.42 Å². The number of nitrogens with one attached hydrogen (secondary N) is 1. The summed E-state index contributed by atoms with van der Waals surface area (Å²) in [6.45, 7) is 4.24. The van der Waals surface area contributed by atoms with Crippen LogP contribution < -0.4 is 5.32 Å². The zero-order valence-corrected chi connectivity index (χ0v) is 10.4. The Morgan fingerprint density at radius 3 is 2.28 bits per heavy atom. The second-order valence-corrected chi connectivity index (χ2v) is 5.33. The number of likely N-dealkylation sites (tertiary alicyclic amines) is 1. The SMILES string of the molecule is CC(C)[C@H](NC(=O)N1CCC12COC2)C(F)(F)F. The van der Waals surface area contributed by atoms with Crippen molar-refractivity contribution in [2.24, 2.45) is 5.92 Å². The first-order valence-corrected chi connectivity index (χ1v) is 5.99. The molecule has 2 heterocycles. The first-order valence-electron chi connectivity index (χ1n) is 5.99. The lowest BCUT2D eigenvalue weighted by Crippen LogP contribution is -2.74. The molecule has 4 nitrogen and oxygen atoms in total. The molecule has 18 heavy (non-hydrogen) atoms. The number of halogens is 3. The van der Waals surface area contributed by atoms with Crippen LogP contribution in [0.15, 0.2) is 0 Å². The highest BCUT2D eigenvalue weighted by atomic mass is 19.4. The van der Waals surface area contributed by atoms with E-state index in [-0.39, 0.29) is 5.54 Å². The number of carbonyl (C=O) groups excluding carboxylic acids is 1. The van der Waals surface area contributed by atoms with Gasteiger partial charge in [0, 0.05) is 6.54 Å². The van der Waals surface area contributed by atoms with Gasteiger partial charge in [-0.1, -0.05) is 13.8 Å². The number of rotatable bonds is 2. The summed E-state index contributed by atoms with van der Waals surface area (Å²) < 4.78 is 43.3. The van der Waals surface area contributed by atoms with Gasteiger partial charge in [0.2, 0.25) is 0 Å². The van der Waals surface area contributed by atoms with Gasteiger partial charge >= 0.3 is 12.2 Å². The molecule has 1 spiro atoms. The summed E-state index contributed by atoms with van der Waals surface area (Å²) in [5.74, 6) is -0.691. The Balaban J connectivity index is 1.97. The Hall–Kier alpha value is -0.980. The molecule has 0 aliphatic carbocycles. The van der Waals surface area contributed by atoms with E-state index >= 15 is 0 Å². The molecule has 2 saturated heterocycles. The van der Waals surface area contributed by atoms with E-state index in [1.165, 1.54) is 18.7 Å². The van der Waals surface area contributed by atoms with Crippen LogP contribution >= 0.6 is 0 Å². The molecule has 0 aromatic carbocycles. The largest absolute Gasteiger partial charge is 0.408 e. The first-order chi connectivity index (χ1) is 8.26. The van der Waals surface area contributed by atoms with Crippen molar-refractivity contribution in [1.29, 1.82) is 0 Å². The van der Waals surface area contributed by atoms with E-state index in [0.29, 0.717) is 19.8 Å². The van der Waals surface area contributed by atoms with Gasteiger partial charge in [-0.25, -0.2) is 4.79 Å². The summed E-state index contributed by atoms with van der Waals surface area (Å²) in [5, 5.41) is 2.09. The maximum atomic E-state index is 12.7. The van der Waals surface area contributed by atoms with E-state index in [2.05, 4.69) is 5.32 Å². The second kappa shape index (κ2) is 4.29. The van der Waals surface area contributed by atoms with E-state index in [1.54, 1.807) is 0 Å². The minimum Gasteiger partial charge on any atom is -0.376 e. The molecule has 2 aliphatic rings. The van der Waals surface area contributed by atoms with Crippen molar-refractivity contribution < 1.29 is 22.7 Å². The molecule has 0 bridgehead atoms. The number of hydrogen-bond acceptors (Lipinski definition) is 2. The van der Waals surface area contributed by atoms with Crippen LogP contribution in [-0.4, -0.2) is 48.4 Å². The van der Waals surface area contributed by atoms with Crippen molar-refractivity contribution in [3.63, 3.8) is 0 Å². The first kappa shape index (κ1) is 13.5. The zero-order chi connectivity index (χ0) is 13.6. The summed E-state index contributed by atoms with van der Waals surface area (Å²) in [6.07, 6.45) is -3.61. The zero-order valence-electron chi connectivity index (χ0n) is 10.4. The van der Waals surface area contributed by atoms with Crippen LogP contribution in [0.3, 0.4) is 0 Å². The summed E-state index contributed by atoms with van der Waals surface area (Å²) in [7, 11) is 0. The van der Waals surface area contributed by atoms with Crippen molar-refractivity contribution in [3.8, 4) is 0 Å². The molecule has 0 saturated carbocycles. The fourth-order valence-corrected chi connectivity index (χ4v) is 2.33. The van der Waals surface area contributed by atoms with Crippen molar-refractivity contribution in [2.75, 3.05) is 19.8 Å². The molecule has 0 radical (unpaired) electrons.